The van der Waals surface area contributed by atoms with E-state index in [2.05, 4.69) is 23.8 Å². The highest BCUT2D eigenvalue weighted by molar-refractivity contribution is 6.29. The first-order valence-corrected chi connectivity index (χ1v) is 7.65. The Morgan fingerprint density at radius 1 is 1.32 bits per heavy atom. The zero-order chi connectivity index (χ0) is 13.9. The molecule has 0 spiro atoms. The molecule has 0 atom stereocenters. The summed E-state index contributed by atoms with van der Waals surface area (Å²) in [5, 5.41) is 0.527. The van der Waals surface area contributed by atoms with Crippen molar-refractivity contribution in [3.63, 3.8) is 0 Å². The maximum Gasteiger partial charge on any atom is 0.162 e. The van der Waals surface area contributed by atoms with Crippen molar-refractivity contribution in [2.75, 3.05) is 6.61 Å². The number of aryl methyl sites for hydroxylation is 1. The summed E-state index contributed by atoms with van der Waals surface area (Å²) >= 11 is 6.13. The first-order chi connectivity index (χ1) is 9.09. The van der Waals surface area contributed by atoms with Crippen LogP contribution < -0.4 is 0 Å². The van der Waals surface area contributed by atoms with Crippen molar-refractivity contribution in [2.45, 2.75) is 58.5 Å². The molecule has 1 fully saturated rings. The van der Waals surface area contributed by atoms with Crippen molar-refractivity contribution in [1.82, 2.24) is 9.97 Å². The van der Waals surface area contributed by atoms with Crippen molar-refractivity contribution in [1.29, 1.82) is 0 Å². The van der Waals surface area contributed by atoms with Crippen LogP contribution in [0.2, 0.25) is 5.15 Å². The van der Waals surface area contributed by atoms with Crippen LogP contribution in [0, 0.1) is 5.92 Å². The molecule has 0 saturated heterocycles. The van der Waals surface area contributed by atoms with Crippen molar-refractivity contribution >= 4 is 11.6 Å². The fourth-order valence-corrected chi connectivity index (χ4v) is 2.99. The van der Waals surface area contributed by atoms with E-state index in [4.69, 9.17) is 16.3 Å². The maximum atomic E-state index is 6.13. The molecule has 1 aliphatic rings. The Labute approximate surface area is 120 Å². The summed E-state index contributed by atoms with van der Waals surface area (Å²) in [5.74, 6) is 1.55. The monoisotopic (exact) mass is 282 g/mol. The molecule has 1 saturated carbocycles. The Bertz CT molecular complexity index is 428. The predicted molar refractivity (Wildman–Crippen MR) is 77.4 cm³/mol. The van der Waals surface area contributed by atoms with Crippen LogP contribution in [-0.2, 0) is 16.8 Å². The Balaban J connectivity index is 2.35. The number of halogens is 1. The minimum Gasteiger partial charge on any atom is -0.367 e. The first kappa shape index (κ1) is 14.7. The molecule has 1 aromatic rings. The van der Waals surface area contributed by atoms with E-state index in [0.717, 1.165) is 49.5 Å². The molecule has 0 radical (unpaired) electrons. The molecule has 1 aromatic heterocycles. The molecular formula is C15H23ClN2O. The van der Waals surface area contributed by atoms with Gasteiger partial charge in [0, 0.05) is 12.3 Å². The highest BCUT2D eigenvalue weighted by Crippen LogP contribution is 2.41. The van der Waals surface area contributed by atoms with Gasteiger partial charge in [-0.2, -0.15) is 0 Å². The average Bonchev–Trinajstić information content (AvgIpc) is 2.41. The summed E-state index contributed by atoms with van der Waals surface area (Å²) in [4.78, 5) is 9.12. The number of nitrogens with zero attached hydrogens (tertiary/aromatic N) is 2. The third-order valence-corrected chi connectivity index (χ3v) is 4.21. The second-order valence-corrected chi connectivity index (χ2v) is 5.86. The molecule has 0 bridgehead atoms. The first-order valence-electron chi connectivity index (χ1n) is 7.27. The van der Waals surface area contributed by atoms with Crippen LogP contribution in [0.15, 0.2) is 6.07 Å². The SMILES string of the molecule is CCOC1(c2nc(Cl)cc(CC)n2)CCC(C)CC1. The van der Waals surface area contributed by atoms with Gasteiger partial charge >= 0.3 is 0 Å². The number of hydrogen-bond donors (Lipinski definition) is 0. The van der Waals surface area contributed by atoms with Gasteiger partial charge in [-0.05, 0) is 51.0 Å². The van der Waals surface area contributed by atoms with Crippen LogP contribution in [0.25, 0.3) is 0 Å². The van der Waals surface area contributed by atoms with Crippen molar-refractivity contribution in [2.24, 2.45) is 5.92 Å². The summed E-state index contributed by atoms with van der Waals surface area (Å²) in [6.07, 6.45) is 5.18. The molecule has 0 aromatic carbocycles. The maximum absolute atomic E-state index is 6.13. The van der Waals surface area contributed by atoms with E-state index in [1.165, 1.54) is 0 Å². The molecule has 0 amide bonds. The number of ether oxygens (including phenoxy) is 1. The molecular weight excluding hydrogens is 260 g/mol. The van der Waals surface area contributed by atoms with E-state index in [1.54, 1.807) is 0 Å². The lowest BCUT2D eigenvalue weighted by Gasteiger charge is -2.38. The van der Waals surface area contributed by atoms with Crippen LogP contribution in [0.5, 0.6) is 0 Å². The molecule has 4 heteroatoms. The van der Waals surface area contributed by atoms with Gasteiger partial charge in [-0.25, -0.2) is 9.97 Å². The fourth-order valence-electron chi connectivity index (χ4n) is 2.79. The molecule has 0 aliphatic heterocycles. The van der Waals surface area contributed by atoms with Crippen molar-refractivity contribution < 1.29 is 4.74 Å². The summed E-state index contributed by atoms with van der Waals surface area (Å²) < 4.78 is 6.08. The minimum atomic E-state index is -0.323. The smallest absolute Gasteiger partial charge is 0.162 e. The zero-order valence-corrected chi connectivity index (χ0v) is 12.8. The molecule has 1 aliphatic carbocycles. The van der Waals surface area contributed by atoms with Crippen LogP contribution in [0.1, 0.15) is 58.0 Å². The van der Waals surface area contributed by atoms with E-state index >= 15 is 0 Å². The zero-order valence-electron chi connectivity index (χ0n) is 12.1. The molecule has 3 nitrogen and oxygen atoms in total. The predicted octanol–water partition coefficient (Wildman–Crippen LogP) is 4.13. The standard InChI is InChI=1S/C15H23ClN2O/c1-4-12-10-13(16)18-14(17-12)15(19-5-2)8-6-11(3)7-9-15/h10-11H,4-9H2,1-3H3. The van der Waals surface area contributed by atoms with E-state index in [0.29, 0.717) is 11.8 Å². The van der Waals surface area contributed by atoms with E-state index in [-0.39, 0.29) is 5.60 Å². The van der Waals surface area contributed by atoms with Gasteiger partial charge in [0.1, 0.15) is 10.8 Å². The van der Waals surface area contributed by atoms with Gasteiger partial charge < -0.3 is 4.74 Å². The van der Waals surface area contributed by atoms with Crippen LogP contribution in [0.3, 0.4) is 0 Å². The molecule has 0 unspecified atom stereocenters. The molecule has 106 valence electrons. The lowest BCUT2D eigenvalue weighted by Crippen LogP contribution is -2.36. The average molecular weight is 283 g/mol. The number of rotatable bonds is 4. The third kappa shape index (κ3) is 3.26. The van der Waals surface area contributed by atoms with E-state index in [9.17, 15) is 0 Å². The van der Waals surface area contributed by atoms with Crippen LogP contribution in [-0.4, -0.2) is 16.6 Å². The molecule has 1 heterocycles. The van der Waals surface area contributed by atoms with Crippen molar-refractivity contribution in [3.8, 4) is 0 Å². The third-order valence-electron chi connectivity index (χ3n) is 4.02. The summed E-state index contributed by atoms with van der Waals surface area (Å²) in [6.45, 7) is 7.10. The van der Waals surface area contributed by atoms with Gasteiger partial charge in [0.2, 0.25) is 0 Å². The normalized spacial score (nSPS) is 27.5. The Hall–Kier alpha value is -0.670. The van der Waals surface area contributed by atoms with Crippen LogP contribution >= 0.6 is 11.6 Å². The summed E-state index contributed by atoms with van der Waals surface area (Å²) in [6, 6.07) is 1.84. The fraction of sp³-hybridized carbons (Fsp3) is 0.733. The van der Waals surface area contributed by atoms with Gasteiger partial charge in [-0.1, -0.05) is 25.4 Å². The Kier molecular flexibility index (Phi) is 4.80. The van der Waals surface area contributed by atoms with Gasteiger partial charge in [0.15, 0.2) is 5.82 Å². The molecule has 19 heavy (non-hydrogen) atoms. The van der Waals surface area contributed by atoms with E-state index < -0.39 is 0 Å². The Morgan fingerprint density at radius 2 is 2.00 bits per heavy atom. The Morgan fingerprint density at radius 3 is 2.58 bits per heavy atom. The number of hydrogen-bond acceptors (Lipinski definition) is 3. The van der Waals surface area contributed by atoms with E-state index in [1.807, 2.05) is 13.0 Å². The number of aromatic nitrogens is 2. The largest absolute Gasteiger partial charge is 0.367 e. The lowest BCUT2D eigenvalue weighted by molar-refractivity contribution is -0.0838. The van der Waals surface area contributed by atoms with Gasteiger partial charge in [-0.3, -0.25) is 0 Å². The second kappa shape index (κ2) is 6.19. The van der Waals surface area contributed by atoms with Gasteiger partial charge in [-0.15, -0.1) is 0 Å². The summed E-state index contributed by atoms with van der Waals surface area (Å²) in [5.41, 5.74) is 0.670. The topological polar surface area (TPSA) is 35.0 Å². The highest BCUT2D eigenvalue weighted by atomic mass is 35.5. The summed E-state index contributed by atoms with van der Waals surface area (Å²) in [7, 11) is 0. The molecule has 0 N–H and O–H groups in total. The molecule has 2 rings (SSSR count). The van der Waals surface area contributed by atoms with Gasteiger partial charge in [0.25, 0.3) is 0 Å². The lowest BCUT2D eigenvalue weighted by atomic mass is 9.79. The van der Waals surface area contributed by atoms with Crippen LogP contribution in [0.4, 0.5) is 0 Å². The highest BCUT2D eigenvalue weighted by Gasteiger charge is 2.39. The second-order valence-electron chi connectivity index (χ2n) is 5.47. The quantitative estimate of drug-likeness (QED) is 0.779. The van der Waals surface area contributed by atoms with Gasteiger partial charge in [0.05, 0.1) is 0 Å². The minimum absolute atomic E-state index is 0.323. The van der Waals surface area contributed by atoms with Crippen molar-refractivity contribution in [3.05, 3.63) is 22.7 Å².